The molecule has 0 fully saturated rings. The van der Waals surface area contributed by atoms with Gasteiger partial charge in [0.1, 0.15) is 0 Å². The fourth-order valence-corrected chi connectivity index (χ4v) is 1.36. The Morgan fingerprint density at radius 1 is 1.56 bits per heavy atom. The van der Waals surface area contributed by atoms with Crippen molar-refractivity contribution in [2.24, 2.45) is 0 Å². The number of aliphatic hydroxyl groups is 3. The second kappa shape index (κ2) is 5.57. The summed E-state index contributed by atoms with van der Waals surface area (Å²) in [5.41, 5.74) is -0.709. The Morgan fingerprint density at radius 3 is 2.67 bits per heavy atom. The summed E-state index contributed by atoms with van der Waals surface area (Å²) in [7, 11) is 0. The second-order valence-corrected chi connectivity index (χ2v) is 3.86. The lowest BCUT2D eigenvalue weighted by Crippen LogP contribution is -2.35. The predicted octanol–water partition coefficient (Wildman–Crippen LogP) is 0.127. The van der Waals surface area contributed by atoms with Crippen LogP contribution in [0.4, 0.5) is 4.39 Å². The summed E-state index contributed by atoms with van der Waals surface area (Å²) < 4.78 is 22.0. The van der Waals surface area contributed by atoms with Crippen molar-refractivity contribution in [3.8, 4) is 5.88 Å². The molecule has 7 nitrogen and oxygen atoms in total. The molecule has 0 saturated carbocycles. The zero-order chi connectivity index (χ0) is 13.9. The summed E-state index contributed by atoms with van der Waals surface area (Å²) in [5.74, 6) is -2.63. The molecule has 0 radical (unpaired) electrons. The van der Waals surface area contributed by atoms with Crippen molar-refractivity contribution in [2.45, 2.75) is 13.1 Å². The molecule has 1 rings (SSSR count). The maximum atomic E-state index is 13.4. The lowest BCUT2D eigenvalue weighted by Gasteiger charge is -2.16. The van der Waals surface area contributed by atoms with Crippen molar-refractivity contribution in [1.82, 2.24) is 4.98 Å². The number of hydrogen-bond donors (Lipinski definition) is 3. The highest BCUT2D eigenvalue weighted by molar-refractivity contribution is 9.10. The lowest BCUT2D eigenvalue weighted by atomic mass is 10.3. The minimum Gasteiger partial charge on any atom is -0.461 e. The molecular formula is C9H9BrFNO6. The third-order valence-corrected chi connectivity index (χ3v) is 2.17. The van der Waals surface area contributed by atoms with Crippen LogP contribution in [0.25, 0.3) is 0 Å². The fraction of sp³-hybridized carbons (Fsp3) is 0.333. The van der Waals surface area contributed by atoms with E-state index in [9.17, 15) is 9.18 Å². The van der Waals surface area contributed by atoms with Crippen molar-refractivity contribution in [3.05, 3.63) is 22.1 Å². The molecule has 9 heteroatoms. The first-order chi connectivity index (χ1) is 8.24. The van der Waals surface area contributed by atoms with Crippen LogP contribution in [0.2, 0.25) is 0 Å². The summed E-state index contributed by atoms with van der Waals surface area (Å²) in [5, 5.41) is 25.8. The summed E-state index contributed by atoms with van der Waals surface area (Å²) in [6, 6.07) is 0.806. The van der Waals surface area contributed by atoms with E-state index in [0.717, 1.165) is 6.07 Å². The topological polar surface area (TPSA) is 109 Å². The molecule has 0 aliphatic heterocycles. The third kappa shape index (κ3) is 3.88. The molecule has 0 aliphatic rings. The molecule has 100 valence electrons. The van der Waals surface area contributed by atoms with Gasteiger partial charge in [0.25, 0.3) is 0 Å². The Bertz CT molecular complexity index is 461. The number of carbonyl (C=O) groups is 1. The van der Waals surface area contributed by atoms with E-state index < -0.39 is 29.5 Å². The molecule has 0 bridgehead atoms. The van der Waals surface area contributed by atoms with Crippen LogP contribution in [0.5, 0.6) is 5.88 Å². The normalized spacial score (nSPS) is 11.2. The van der Waals surface area contributed by atoms with Crippen molar-refractivity contribution in [1.29, 1.82) is 0 Å². The maximum Gasteiger partial charge on any atom is 0.454 e. The van der Waals surface area contributed by atoms with Crippen LogP contribution in [0, 0.1) is 5.82 Å². The van der Waals surface area contributed by atoms with E-state index in [-0.39, 0.29) is 11.1 Å². The van der Waals surface area contributed by atoms with E-state index in [1.165, 1.54) is 6.92 Å². The first-order valence-corrected chi connectivity index (χ1v) is 5.43. The molecule has 0 amide bonds. The predicted molar refractivity (Wildman–Crippen MR) is 57.9 cm³/mol. The Hall–Kier alpha value is -1.29. The van der Waals surface area contributed by atoms with Gasteiger partial charge in [0.05, 0.1) is 11.1 Å². The highest BCUT2D eigenvalue weighted by Crippen LogP contribution is 2.26. The van der Waals surface area contributed by atoms with E-state index in [4.69, 9.17) is 15.3 Å². The number of ether oxygens (including phenoxy) is 2. The number of halogens is 2. The molecule has 1 heterocycles. The number of aromatic nitrogens is 1. The molecule has 0 unspecified atom stereocenters. The zero-order valence-electron chi connectivity index (χ0n) is 9.05. The van der Waals surface area contributed by atoms with E-state index in [2.05, 4.69) is 30.4 Å². The van der Waals surface area contributed by atoms with Gasteiger partial charge in [-0.25, -0.2) is 14.2 Å². The van der Waals surface area contributed by atoms with Gasteiger partial charge in [-0.1, -0.05) is 0 Å². The zero-order valence-corrected chi connectivity index (χ0v) is 10.6. The number of hydrogen-bond acceptors (Lipinski definition) is 7. The van der Waals surface area contributed by atoms with Gasteiger partial charge in [-0.2, -0.15) is 0 Å². The van der Waals surface area contributed by atoms with Gasteiger partial charge in [-0.3, -0.25) is 0 Å². The van der Waals surface area contributed by atoms with Gasteiger partial charge in [0.2, 0.25) is 5.88 Å². The van der Waals surface area contributed by atoms with Gasteiger partial charge in [0.15, 0.2) is 11.5 Å². The maximum absolute atomic E-state index is 13.4. The number of pyridine rings is 1. The Kier molecular flexibility index (Phi) is 4.57. The van der Waals surface area contributed by atoms with Crippen molar-refractivity contribution < 1.29 is 34.0 Å². The van der Waals surface area contributed by atoms with Gasteiger partial charge < -0.3 is 24.8 Å². The molecule has 1 aromatic rings. The highest BCUT2D eigenvalue weighted by Gasteiger charge is 2.26. The van der Waals surface area contributed by atoms with Gasteiger partial charge in [-0.05, 0) is 28.9 Å². The lowest BCUT2D eigenvalue weighted by molar-refractivity contribution is -0.420. The summed E-state index contributed by atoms with van der Waals surface area (Å²) in [6.07, 6.45) is -3.50. The van der Waals surface area contributed by atoms with Crippen LogP contribution in [-0.4, -0.2) is 39.0 Å². The van der Waals surface area contributed by atoms with Crippen LogP contribution in [-0.2, 0) is 4.74 Å². The molecule has 3 N–H and O–H groups in total. The number of esters is 1. The molecular weight excluding hydrogens is 317 g/mol. The number of nitrogens with zero attached hydrogens (tertiary/aromatic N) is 1. The number of rotatable bonds is 4. The quantitative estimate of drug-likeness (QED) is 0.533. The van der Waals surface area contributed by atoms with E-state index in [0.29, 0.717) is 0 Å². The summed E-state index contributed by atoms with van der Waals surface area (Å²) in [6.45, 7) is 1.53. The average Bonchev–Trinajstić information content (AvgIpc) is 2.20. The standard InChI is InChI=1S/C9H9BrFNO6/c1-2-17-8(13)6-5(11)3-4(10)7(12-6)18-9(14,15)16/h3,14-16H,2H2,1H3. The Morgan fingerprint density at radius 2 is 2.17 bits per heavy atom. The van der Waals surface area contributed by atoms with Gasteiger partial charge >= 0.3 is 12.1 Å². The van der Waals surface area contributed by atoms with Crippen LogP contribution in [0.1, 0.15) is 17.4 Å². The molecule has 0 atom stereocenters. The number of carbonyl (C=O) groups excluding carboxylic acids is 1. The molecule has 18 heavy (non-hydrogen) atoms. The third-order valence-electron chi connectivity index (χ3n) is 1.60. The van der Waals surface area contributed by atoms with Gasteiger partial charge in [-0.15, -0.1) is 0 Å². The SMILES string of the molecule is CCOC(=O)c1nc(OC(O)(O)O)c(Br)cc1F. The van der Waals surface area contributed by atoms with E-state index in [1.807, 2.05) is 0 Å². The van der Waals surface area contributed by atoms with Gasteiger partial charge in [0, 0.05) is 0 Å². The van der Waals surface area contributed by atoms with Crippen LogP contribution < -0.4 is 4.74 Å². The summed E-state index contributed by atoms with van der Waals surface area (Å²) in [4.78, 5) is 14.7. The average molecular weight is 326 g/mol. The second-order valence-electron chi connectivity index (χ2n) is 3.00. The first-order valence-electron chi connectivity index (χ1n) is 4.64. The van der Waals surface area contributed by atoms with Crippen LogP contribution in [0.3, 0.4) is 0 Å². The minimum atomic E-state index is -3.50. The first kappa shape index (κ1) is 14.8. The molecule has 0 saturated heterocycles. The van der Waals surface area contributed by atoms with Crippen LogP contribution in [0.15, 0.2) is 10.5 Å². The molecule has 1 aromatic heterocycles. The molecule has 0 spiro atoms. The van der Waals surface area contributed by atoms with Crippen LogP contribution >= 0.6 is 15.9 Å². The smallest absolute Gasteiger partial charge is 0.454 e. The summed E-state index contributed by atoms with van der Waals surface area (Å²) >= 11 is 2.81. The highest BCUT2D eigenvalue weighted by atomic mass is 79.9. The minimum absolute atomic E-state index is 0.0101. The van der Waals surface area contributed by atoms with Crippen molar-refractivity contribution in [2.75, 3.05) is 6.61 Å². The van der Waals surface area contributed by atoms with Crippen molar-refractivity contribution in [3.63, 3.8) is 0 Å². The molecule has 0 aliphatic carbocycles. The molecule has 0 aromatic carbocycles. The Labute approximate surface area is 109 Å². The van der Waals surface area contributed by atoms with E-state index >= 15 is 0 Å². The Balaban J connectivity index is 3.14. The monoisotopic (exact) mass is 325 g/mol. The largest absolute Gasteiger partial charge is 0.461 e. The van der Waals surface area contributed by atoms with Crippen molar-refractivity contribution >= 4 is 21.9 Å². The fourth-order valence-electron chi connectivity index (χ4n) is 0.994. The van der Waals surface area contributed by atoms with E-state index in [1.54, 1.807) is 0 Å².